The third-order valence-electron chi connectivity index (χ3n) is 1.76. The smallest absolute Gasteiger partial charge is 0.381 e. The molecule has 1 aromatic rings. The van der Waals surface area contributed by atoms with Crippen molar-refractivity contribution >= 4 is 18.5 Å². The van der Waals surface area contributed by atoms with Gasteiger partial charge >= 0.3 is 6.72 Å². The van der Waals surface area contributed by atoms with E-state index in [9.17, 15) is 4.79 Å². The Morgan fingerprint density at radius 1 is 1.39 bits per heavy atom. The van der Waals surface area contributed by atoms with Crippen molar-refractivity contribution in [1.29, 1.82) is 0 Å². The SMILES string of the molecule is CCOP(=S)(OCC)Oc1ccc(=O)n(CO)n1. The molecule has 7 nitrogen and oxygen atoms in total. The second kappa shape index (κ2) is 6.96. The van der Waals surface area contributed by atoms with E-state index in [-0.39, 0.29) is 5.88 Å². The van der Waals surface area contributed by atoms with E-state index in [0.29, 0.717) is 13.2 Å². The van der Waals surface area contributed by atoms with Gasteiger partial charge in [0.2, 0.25) is 5.88 Å². The molecule has 1 N–H and O–H groups in total. The van der Waals surface area contributed by atoms with Gasteiger partial charge in [0.25, 0.3) is 5.56 Å². The average Bonchev–Trinajstić information content (AvgIpc) is 2.32. The molecule has 0 saturated carbocycles. The highest BCUT2D eigenvalue weighted by molar-refractivity contribution is 8.07. The van der Waals surface area contributed by atoms with Crippen molar-refractivity contribution < 1.29 is 18.7 Å². The molecule has 9 heteroatoms. The van der Waals surface area contributed by atoms with Crippen LogP contribution in [0.5, 0.6) is 5.88 Å². The summed E-state index contributed by atoms with van der Waals surface area (Å²) in [6.07, 6.45) is 0. The quantitative estimate of drug-likeness (QED) is 0.747. The minimum absolute atomic E-state index is 0.0777. The zero-order valence-corrected chi connectivity index (χ0v) is 11.8. The predicted molar refractivity (Wildman–Crippen MR) is 68.9 cm³/mol. The first-order valence-corrected chi connectivity index (χ1v) is 7.88. The molecule has 0 amide bonds. The van der Waals surface area contributed by atoms with Crippen LogP contribution in [0.25, 0.3) is 0 Å². The predicted octanol–water partition coefficient (Wildman–Crippen LogP) is 0.869. The van der Waals surface area contributed by atoms with Crippen molar-refractivity contribution in [2.45, 2.75) is 20.6 Å². The number of hydrogen-bond acceptors (Lipinski definition) is 7. The molecule has 0 bridgehead atoms. The summed E-state index contributed by atoms with van der Waals surface area (Å²) in [6.45, 7) is 0.775. The summed E-state index contributed by atoms with van der Waals surface area (Å²) in [6, 6.07) is 2.57. The Balaban J connectivity index is 2.94. The fraction of sp³-hybridized carbons (Fsp3) is 0.556. The van der Waals surface area contributed by atoms with Gasteiger partial charge in [-0.05, 0) is 13.8 Å². The van der Waals surface area contributed by atoms with Gasteiger partial charge in [0.1, 0.15) is 6.73 Å². The molecule has 1 heterocycles. The Hall–Kier alpha value is -0.790. The van der Waals surface area contributed by atoms with Crippen molar-refractivity contribution in [1.82, 2.24) is 9.78 Å². The topological polar surface area (TPSA) is 82.8 Å². The number of nitrogens with zero attached hydrogens (tertiary/aromatic N) is 2. The van der Waals surface area contributed by atoms with Gasteiger partial charge in [-0.25, -0.2) is 4.68 Å². The summed E-state index contributed by atoms with van der Waals surface area (Å²) in [7, 11) is 0. The Kier molecular flexibility index (Phi) is 5.90. The highest BCUT2D eigenvalue weighted by Crippen LogP contribution is 2.48. The van der Waals surface area contributed by atoms with Crippen LogP contribution in [-0.2, 0) is 27.6 Å². The maximum Gasteiger partial charge on any atom is 0.381 e. The molecular weight excluding hydrogens is 279 g/mol. The average molecular weight is 294 g/mol. The Labute approximate surface area is 110 Å². The third kappa shape index (κ3) is 4.15. The van der Waals surface area contributed by atoms with E-state index in [0.717, 1.165) is 4.68 Å². The highest BCUT2D eigenvalue weighted by Gasteiger charge is 2.22. The Morgan fingerprint density at radius 3 is 2.50 bits per heavy atom. The van der Waals surface area contributed by atoms with E-state index in [1.807, 2.05) is 0 Å². The van der Waals surface area contributed by atoms with Crippen LogP contribution in [0, 0.1) is 0 Å². The number of aliphatic hydroxyl groups excluding tert-OH is 1. The van der Waals surface area contributed by atoms with Gasteiger partial charge in [-0.15, -0.1) is 5.10 Å². The zero-order valence-electron chi connectivity index (χ0n) is 10.1. The van der Waals surface area contributed by atoms with Gasteiger partial charge in [0, 0.05) is 23.9 Å². The molecule has 1 rings (SSSR count). The number of aliphatic hydroxyl groups is 1. The van der Waals surface area contributed by atoms with Crippen LogP contribution in [0.1, 0.15) is 13.8 Å². The van der Waals surface area contributed by atoms with E-state index in [1.54, 1.807) is 13.8 Å². The largest absolute Gasteiger partial charge is 0.404 e. The van der Waals surface area contributed by atoms with Gasteiger partial charge in [-0.1, -0.05) is 0 Å². The highest BCUT2D eigenvalue weighted by atomic mass is 32.5. The number of hydrogen-bond donors (Lipinski definition) is 1. The number of rotatable bonds is 7. The van der Waals surface area contributed by atoms with Crippen LogP contribution in [-0.4, -0.2) is 28.1 Å². The van der Waals surface area contributed by atoms with Gasteiger partial charge in [0.05, 0.1) is 13.2 Å². The van der Waals surface area contributed by atoms with Gasteiger partial charge in [0.15, 0.2) is 0 Å². The van der Waals surface area contributed by atoms with Crippen LogP contribution < -0.4 is 10.1 Å². The van der Waals surface area contributed by atoms with Crippen LogP contribution in [0.15, 0.2) is 16.9 Å². The first kappa shape index (κ1) is 15.3. The maximum atomic E-state index is 11.2. The van der Waals surface area contributed by atoms with Crippen LogP contribution in [0.4, 0.5) is 0 Å². The summed E-state index contributed by atoms with van der Waals surface area (Å²) >= 11 is 5.15. The first-order chi connectivity index (χ1) is 8.54. The Bertz CT molecular complexity index is 482. The molecule has 0 aliphatic heterocycles. The molecule has 0 fully saturated rings. The first-order valence-electron chi connectivity index (χ1n) is 5.32. The molecule has 0 aliphatic rings. The maximum absolute atomic E-state index is 11.2. The summed E-state index contributed by atoms with van der Waals surface area (Å²) in [5.41, 5.74) is -0.439. The molecule has 0 saturated heterocycles. The summed E-state index contributed by atoms with van der Waals surface area (Å²) in [5.74, 6) is 0.0777. The van der Waals surface area contributed by atoms with Crippen molar-refractivity contribution in [3.05, 3.63) is 22.5 Å². The monoisotopic (exact) mass is 294 g/mol. The molecule has 1 aromatic heterocycles. The molecule has 102 valence electrons. The molecular formula is C9H15N2O5PS. The van der Waals surface area contributed by atoms with E-state index in [4.69, 9.17) is 30.5 Å². The van der Waals surface area contributed by atoms with Crippen LogP contribution >= 0.6 is 6.72 Å². The minimum atomic E-state index is -2.91. The van der Waals surface area contributed by atoms with Crippen molar-refractivity contribution in [2.24, 2.45) is 0 Å². The van der Waals surface area contributed by atoms with Crippen LogP contribution in [0.2, 0.25) is 0 Å². The fourth-order valence-electron chi connectivity index (χ4n) is 1.10. The van der Waals surface area contributed by atoms with Crippen LogP contribution in [0.3, 0.4) is 0 Å². The molecule has 0 aromatic carbocycles. The zero-order chi connectivity index (χ0) is 13.6. The second-order valence-corrected chi connectivity index (χ2v) is 5.96. The minimum Gasteiger partial charge on any atom is -0.404 e. The lowest BCUT2D eigenvalue weighted by atomic mass is 10.5. The second-order valence-electron chi connectivity index (χ2n) is 3.02. The summed E-state index contributed by atoms with van der Waals surface area (Å²) in [5, 5.41) is 12.7. The lowest BCUT2D eigenvalue weighted by Crippen LogP contribution is -2.22. The molecule has 18 heavy (non-hydrogen) atoms. The lowest BCUT2D eigenvalue weighted by molar-refractivity contribution is 0.181. The van der Waals surface area contributed by atoms with E-state index in [2.05, 4.69) is 5.10 Å². The van der Waals surface area contributed by atoms with Crippen molar-refractivity contribution in [3.8, 4) is 5.88 Å². The van der Waals surface area contributed by atoms with Crippen molar-refractivity contribution in [3.63, 3.8) is 0 Å². The fourth-order valence-corrected chi connectivity index (χ4v) is 3.10. The normalized spacial score (nSPS) is 11.5. The summed E-state index contributed by atoms with van der Waals surface area (Å²) in [4.78, 5) is 11.2. The van der Waals surface area contributed by atoms with E-state index < -0.39 is 19.0 Å². The molecule has 0 atom stereocenters. The van der Waals surface area contributed by atoms with Gasteiger partial charge < -0.3 is 9.63 Å². The summed E-state index contributed by atoms with van der Waals surface area (Å²) < 4.78 is 16.8. The van der Waals surface area contributed by atoms with Gasteiger partial charge in [-0.3, -0.25) is 13.8 Å². The molecule has 0 unspecified atom stereocenters. The van der Waals surface area contributed by atoms with Crippen molar-refractivity contribution in [2.75, 3.05) is 13.2 Å². The number of aromatic nitrogens is 2. The van der Waals surface area contributed by atoms with E-state index in [1.165, 1.54) is 12.1 Å². The Morgan fingerprint density at radius 2 is 2.00 bits per heavy atom. The van der Waals surface area contributed by atoms with Gasteiger partial charge in [-0.2, -0.15) is 0 Å². The molecule has 0 spiro atoms. The lowest BCUT2D eigenvalue weighted by Gasteiger charge is -2.20. The molecule has 0 aliphatic carbocycles. The molecule has 0 radical (unpaired) electrons. The van der Waals surface area contributed by atoms with E-state index >= 15 is 0 Å². The standard InChI is InChI=1S/C9H15N2O5PS/c1-3-14-17(18,15-4-2)16-8-5-6-9(13)11(7-12)10-8/h5-6,12H,3-4,7H2,1-2H3. The third-order valence-corrected chi connectivity index (χ3v) is 4.17.